The summed E-state index contributed by atoms with van der Waals surface area (Å²) in [5, 5.41) is 8.29. The second-order valence-corrected chi connectivity index (χ2v) is 4.14. The van der Waals surface area contributed by atoms with E-state index in [1.165, 1.54) is 0 Å². The molecule has 3 nitrogen and oxygen atoms in total. The van der Waals surface area contributed by atoms with E-state index in [1.807, 2.05) is 0 Å². The summed E-state index contributed by atoms with van der Waals surface area (Å²) in [5.74, 6) is 3.94. The fourth-order valence-electron chi connectivity index (χ4n) is 0.558. The van der Waals surface area contributed by atoms with Crippen LogP contribution < -0.4 is 0 Å². The molecule has 68 valence electrons. The van der Waals surface area contributed by atoms with Crippen LogP contribution in [0.4, 0.5) is 0 Å². The molecule has 0 saturated carbocycles. The molecule has 0 fully saturated rings. The molecule has 0 aliphatic heterocycles. The zero-order valence-electron chi connectivity index (χ0n) is 6.17. The van der Waals surface area contributed by atoms with Crippen molar-refractivity contribution in [1.82, 2.24) is 4.98 Å². The summed E-state index contributed by atoms with van der Waals surface area (Å²) in [7, 11) is 0. The second-order valence-electron chi connectivity index (χ2n) is 1.96. The zero-order chi connectivity index (χ0) is 9.84. The fourth-order valence-corrected chi connectivity index (χ4v) is 1.78. The Hall–Kier alpha value is -0.760. The Bertz CT molecular complexity index is 391. The van der Waals surface area contributed by atoms with E-state index in [4.69, 9.17) is 28.3 Å². The van der Waals surface area contributed by atoms with Gasteiger partial charge in [0.25, 0.3) is 0 Å². The van der Waals surface area contributed by atoms with Gasteiger partial charge in [0.15, 0.2) is 4.47 Å². The number of nitrogens with zero attached hydrogens (tertiary/aromatic N) is 1. The molecule has 1 rings (SSSR count). The van der Waals surface area contributed by atoms with Crippen molar-refractivity contribution < 1.29 is 9.90 Å². The molecule has 1 aromatic heterocycles. The summed E-state index contributed by atoms with van der Waals surface area (Å²) in [6, 6.07) is 0. The molecule has 0 aliphatic carbocycles. The quantitative estimate of drug-likeness (QED) is 0.761. The molecule has 6 heteroatoms. The van der Waals surface area contributed by atoms with E-state index in [2.05, 4.69) is 16.8 Å². The molecule has 0 atom stereocenters. The standard InChI is InChI=1S/C7H3Cl2NO2S/c8-6-4(10-7(9)13-6)2-1-3-5(11)12/h3H2,(H,11,12). The largest absolute Gasteiger partial charge is 0.481 e. The Morgan fingerprint density at radius 1 is 1.62 bits per heavy atom. The molecule has 1 heterocycles. The highest BCUT2D eigenvalue weighted by molar-refractivity contribution is 7.19. The van der Waals surface area contributed by atoms with Crippen molar-refractivity contribution in [2.24, 2.45) is 0 Å². The normalized spacial score (nSPS) is 9.08. The molecule has 13 heavy (non-hydrogen) atoms. The van der Waals surface area contributed by atoms with Gasteiger partial charge in [0.1, 0.15) is 16.5 Å². The van der Waals surface area contributed by atoms with Crippen molar-refractivity contribution in [3.05, 3.63) is 14.5 Å². The van der Waals surface area contributed by atoms with Gasteiger partial charge in [-0.05, 0) is 5.92 Å². The highest BCUT2D eigenvalue weighted by Gasteiger charge is 2.04. The van der Waals surface area contributed by atoms with Crippen molar-refractivity contribution >= 4 is 40.5 Å². The molecule has 0 aromatic carbocycles. The average Bonchev–Trinajstić information content (AvgIpc) is 2.29. The Morgan fingerprint density at radius 3 is 2.77 bits per heavy atom. The molecule has 0 saturated heterocycles. The summed E-state index contributed by atoms with van der Waals surface area (Å²) in [4.78, 5) is 13.9. The van der Waals surface area contributed by atoms with Gasteiger partial charge in [-0.3, -0.25) is 4.79 Å². The maximum Gasteiger partial charge on any atom is 0.315 e. The van der Waals surface area contributed by atoms with Crippen LogP contribution in [0.3, 0.4) is 0 Å². The highest BCUT2D eigenvalue weighted by Crippen LogP contribution is 2.26. The lowest BCUT2D eigenvalue weighted by molar-refractivity contribution is -0.135. The van der Waals surface area contributed by atoms with Crippen LogP contribution >= 0.6 is 34.5 Å². The van der Waals surface area contributed by atoms with Gasteiger partial charge < -0.3 is 5.11 Å². The van der Waals surface area contributed by atoms with Crippen LogP contribution in [-0.2, 0) is 4.79 Å². The third-order valence-electron chi connectivity index (χ3n) is 1.01. The lowest BCUT2D eigenvalue weighted by Gasteiger charge is -1.80. The van der Waals surface area contributed by atoms with Gasteiger partial charge in [-0.1, -0.05) is 40.5 Å². The number of thiazole rings is 1. The first-order valence-electron chi connectivity index (χ1n) is 3.12. The minimum absolute atomic E-state index is 0.231. The lowest BCUT2D eigenvalue weighted by Crippen LogP contribution is -1.90. The van der Waals surface area contributed by atoms with E-state index in [9.17, 15) is 4.79 Å². The predicted molar refractivity (Wildman–Crippen MR) is 51.3 cm³/mol. The van der Waals surface area contributed by atoms with Crippen LogP contribution in [0.1, 0.15) is 12.1 Å². The van der Waals surface area contributed by atoms with Gasteiger partial charge in [-0.15, -0.1) is 0 Å². The number of carboxylic acid groups (broad SMARTS) is 1. The van der Waals surface area contributed by atoms with Crippen molar-refractivity contribution in [3.8, 4) is 11.8 Å². The van der Waals surface area contributed by atoms with E-state index in [0.717, 1.165) is 11.3 Å². The maximum absolute atomic E-state index is 10.1. The molecule has 0 aliphatic rings. The molecular weight excluding hydrogens is 233 g/mol. The predicted octanol–water partition coefficient (Wildman–Crippen LogP) is 2.28. The number of aromatic nitrogens is 1. The third-order valence-corrected chi connectivity index (χ3v) is 2.36. The van der Waals surface area contributed by atoms with Crippen LogP contribution in [0.2, 0.25) is 8.80 Å². The Morgan fingerprint density at radius 2 is 2.31 bits per heavy atom. The first kappa shape index (κ1) is 10.3. The molecule has 0 unspecified atom stereocenters. The van der Waals surface area contributed by atoms with Gasteiger partial charge in [0.05, 0.1) is 0 Å². The molecule has 1 N–H and O–H groups in total. The monoisotopic (exact) mass is 235 g/mol. The van der Waals surface area contributed by atoms with Crippen LogP contribution in [0.5, 0.6) is 0 Å². The van der Waals surface area contributed by atoms with E-state index in [1.54, 1.807) is 0 Å². The number of aliphatic carboxylic acids is 1. The smallest absolute Gasteiger partial charge is 0.315 e. The molecule has 0 spiro atoms. The summed E-state index contributed by atoms with van der Waals surface area (Å²) in [6.45, 7) is 0. The van der Waals surface area contributed by atoms with Gasteiger partial charge >= 0.3 is 5.97 Å². The number of carbonyl (C=O) groups is 1. The number of halogens is 2. The Labute approximate surface area is 88.3 Å². The Balaban J connectivity index is 2.77. The second kappa shape index (κ2) is 4.47. The SMILES string of the molecule is O=C(O)CC#Cc1nc(Cl)sc1Cl. The molecule has 0 amide bonds. The van der Waals surface area contributed by atoms with Crippen LogP contribution in [-0.4, -0.2) is 16.1 Å². The van der Waals surface area contributed by atoms with Crippen molar-refractivity contribution in [2.45, 2.75) is 6.42 Å². The number of carboxylic acids is 1. The fraction of sp³-hybridized carbons (Fsp3) is 0.143. The van der Waals surface area contributed by atoms with E-state index in [0.29, 0.717) is 14.5 Å². The average molecular weight is 236 g/mol. The maximum atomic E-state index is 10.1. The summed E-state index contributed by atoms with van der Waals surface area (Å²) < 4.78 is 0.674. The highest BCUT2D eigenvalue weighted by atomic mass is 35.5. The summed E-state index contributed by atoms with van der Waals surface area (Å²) in [5.41, 5.74) is 0.331. The van der Waals surface area contributed by atoms with Gasteiger partial charge in [0, 0.05) is 0 Å². The minimum atomic E-state index is -0.982. The summed E-state index contributed by atoms with van der Waals surface area (Å²) in [6.07, 6.45) is -0.231. The van der Waals surface area contributed by atoms with Crippen molar-refractivity contribution in [2.75, 3.05) is 0 Å². The number of rotatable bonds is 1. The van der Waals surface area contributed by atoms with Gasteiger partial charge in [-0.2, -0.15) is 0 Å². The molecule has 1 aromatic rings. The molecular formula is C7H3Cl2NO2S. The topological polar surface area (TPSA) is 50.2 Å². The number of hydrogen-bond acceptors (Lipinski definition) is 3. The third kappa shape index (κ3) is 3.23. The van der Waals surface area contributed by atoms with Crippen LogP contribution in [0.25, 0.3) is 0 Å². The molecule has 0 bridgehead atoms. The van der Waals surface area contributed by atoms with E-state index >= 15 is 0 Å². The van der Waals surface area contributed by atoms with Crippen molar-refractivity contribution in [1.29, 1.82) is 0 Å². The van der Waals surface area contributed by atoms with Crippen LogP contribution in [0.15, 0.2) is 0 Å². The van der Waals surface area contributed by atoms with Crippen molar-refractivity contribution in [3.63, 3.8) is 0 Å². The van der Waals surface area contributed by atoms with Gasteiger partial charge in [0.2, 0.25) is 0 Å². The first-order valence-corrected chi connectivity index (χ1v) is 4.69. The Kier molecular flexibility index (Phi) is 3.55. The first-order chi connectivity index (χ1) is 6.09. The minimum Gasteiger partial charge on any atom is -0.481 e. The van der Waals surface area contributed by atoms with E-state index in [-0.39, 0.29) is 6.42 Å². The van der Waals surface area contributed by atoms with E-state index < -0.39 is 5.97 Å². The lowest BCUT2D eigenvalue weighted by atomic mass is 10.4. The summed E-state index contributed by atoms with van der Waals surface area (Å²) >= 11 is 12.3. The van der Waals surface area contributed by atoms with Crippen LogP contribution in [0, 0.1) is 11.8 Å². The molecule has 0 radical (unpaired) electrons. The van der Waals surface area contributed by atoms with Gasteiger partial charge in [-0.25, -0.2) is 4.98 Å². The zero-order valence-corrected chi connectivity index (χ0v) is 8.50. The number of hydrogen-bond donors (Lipinski definition) is 1.